The summed E-state index contributed by atoms with van der Waals surface area (Å²) in [6, 6.07) is 9.39. The normalized spacial score (nSPS) is 10.4. The van der Waals surface area contributed by atoms with Gasteiger partial charge in [-0.15, -0.1) is 10.2 Å². The first-order valence-corrected chi connectivity index (χ1v) is 7.34. The minimum atomic E-state index is -0.447. The van der Waals surface area contributed by atoms with Gasteiger partial charge in [0.05, 0.1) is 11.2 Å². The van der Waals surface area contributed by atoms with E-state index < -0.39 is 10.8 Å². The van der Waals surface area contributed by atoms with Gasteiger partial charge in [-0.1, -0.05) is 23.5 Å². The summed E-state index contributed by atoms with van der Waals surface area (Å²) in [5.74, 6) is -0.204. The largest absolute Gasteiger partial charge is 0.459 e. The number of hydrogen-bond acceptors (Lipinski definition) is 7. The predicted molar refractivity (Wildman–Crippen MR) is 82.5 cm³/mol. The van der Waals surface area contributed by atoms with Crippen LogP contribution in [0.1, 0.15) is 21.1 Å². The Balaban J connectivity index is 1.65. The van der Waals surface area contributed by atoms with Crippen molar-refractivity contribution in [3.05, 3.63) is 69.1 Å². The average Bonchev–Trinajstić information content (AvgIpc) is 3.19. The van der Waals surface area contributed by atoms with Crippen LogP contribution < -0.4 is 5.32 Å². The quantitative estimate of drug-likeness (QED) is 0.569. The zero-order valence-electron chi connectivity index (χ0n) is 11.6. The van der Waals surface area contributed by atoms with Crippen molar-refractivity contribution in [3.63, 3.8) is 0 Å². The van der Waals surface area contributed by atoms with Crippen LogP contribution in [0.15, 0.2) is 47.1 Å². The van der Waals surface area contributed by atoms with E-state index in [2.05, 4.69) is 15.5 Å². The number of aromatic nitrogens is 2. The third-order valence-electron chi connectivity index (χ3n) is 2.93. The fourth-order valence-corrected chi connectivity index (χ4v) is 2.62. The van der Waals surface area contributed by atoms with Gasteiger partial charge in [0.25, 0.3) is 11.6 Å². The maximum Gasteiger partial charge on any atom is 0.293 e. The van der Waals surface area contributed by atoms with Crippen molar-refractivity contribution < 1.29 is 14.1 Å². The van der Waals surface area contributed by atoms with Gasteiger partial charge in [0, 0.05) is 18.6 Å². The molecule has 0 aliphatic heterocycles. The maximum absolute atomic E-state index is 11.8. The van der Waals surface area contributed by atoms with Gasteiger partial charge >= 0.3 is 0 Å². The molecule has 0 saturated heterocycles. The van der Waals surface area contributed by atoms with Crippen molar-refractivity contribution in [3.8, 4) is 0 Å². The zero-order valence-corrected chi connectivity index (χ0v) is 12.4. The molecule has 1 N–H and O–H groups in total. The molecule has 8 nitrogen and oxygen atoms in total. The van der Waals surface area contributed by atoms with E-state index in [0.29, 0.717) is 16.6 Å². The standard InChI is InChI=1S/C14H10N4O4S/c19-13(11-2-1-7-22-11)15-14-17-16-12(23-14)8-9-3-5-10(6-4-9)18(20)21/h1-7H,8H2,(H,15,17,19). The number of anilines is 1. The number of carbonyl (C=O) groups is 1. The molecule has 0 bridgehead atoms. The minimum absolute atomic E-state index is 0.0393. The van der Waals surface area contributed by atoms with Crippen LogP contribution in [0.25, 0.3) is 0 Å². The molecule has 23 heavy (non-hydrogen) atoms. The second kappa shape index (κ2) is 6.36. The summed E-state index contributed by atoms with van der Waals surface area (Å²) in [5, 5.41) is 22.1. The fourth-order valence-electron chi connectivity index (χ4n) is 1.85. The Bertz CT molecular complexity index is 827. The van der Waals surface area contributed by atoms with Crippen LogP contribution in [0.2, 0.25) is 0 Å². The lowest BCUT2D eigenvalue weighted by Gasteiger charge is -1.97. The monoisotopic (exact) mass is 330 g/mol. The lowest BCUT2D eigenvalue weighted by molar-refractivity contribution is -0.384. The van der Waals surface area contributed by atoms with Gasteiger partial charge in [-0.3, -0.25) is 20.2 Å². The van der Waals surface area contributed by atoms with Crippen LogP contribution in [-0.4, -0.2) is 21.0 Å². The molecule has 1 amide bonds. The average molecular weight is 330 g/mol. The summed E-state index contributed by atoms with van der Waals surface area (Å²) in [6.45, 7) is 0. The van der Waals surface area contributed by atoms with E-state index >= 15 is 0 Å². The van der Waals surface area contributed by atoms with Gasteiger partial charge in [0.2, 0.25) is 5.13 Å². The SMILES string of the molecule is O=C(Nc1nnc(Cc2ccc([N+](=O)[O-])cc2)s1)c1ccco1. The van der Waals surface area contributed by atoms with Gasteiger partial charge in [-0.05, 0) is 17.7 Å². The number of benzene rings is 1. The van der Waals surface area contributed by atoms with Crippen LogP contribution in [0.4, 0.5) is 10.8 Å². The van der Waals surface area contributed by atoms with Crippen molar-refractivity contribution in [2.45, 2.75) is 6.42 Å². The van der Waals surface area contributed by atoms with E-state index in [9.17, 15) is 14.9 Å². The molecule has 0 fully saturated rings. The molecule has 2 aromatic heterocycles. The second-order valence-corrected chi connectivity index (χ2v) is 5.59. The first-order valence-electron chi connectivity index (χ1n) is 6.52. The Hall–Kier alpha value is -3.07. The van der Waals surface area contributed by atoms with E-state index in [4.69, 9.17) is 4.42 Å². The summed E-state index contributed by atoms with van der Waals surface area (Å²) in [7, 11) is 0. The third-order valence-corrected chi connectivity index (χ3v) is 3.77. The number of amides is 1. The summed E-state index contributed by atoms with van der Waals surface area (Å²) < 4.78 is 4.99. The second-order valence-electron chi connectivity index (χ2n) is 4.53. The highest BCUT2D eigenvalue weighted by atomic mass is 32.1. The van der Waals surface area contributed by atoms with E-state index in [1.54, 1.807) is 24.3 Å². The molecule has 3 rings (SSSR count). The van der Waals surface area contributed by atoms with E-state index in [1.165, 1.54) is 29.7 Å². The smallest absolute Gasteiger partial charge is 0.293 e. The van der Waals surface area contributed by atoms with Crippen LogP contribution >= 0.6 is 11.3 Å². The molecule has 0 saturated carbocycles. The maximum atomic E-state index is 11.8. The van der Waals surface area contributed by atoms with Gasteiger partial charge in [-0.2, -0.15) is 0 Å². The van der Waals surface area contributed by atoms with E-state index in [0.717, 1.165) is 5.56 Å². The molecular formula is C14H10N4O4S. The zero-order chi connectivity index (χ0) is 16.2. The number of nitro benzene ring substituents is 1. The summed E-state index contributed by atoms with van der Waals surface area (Å²) in [5.41, 5.74) is 0.910. The highest BCUT2D eigenvalue weighted by molar-refractivity contribution is 7.15. The molecule has 0 radical (unpaired) electrons. The summed E-state index contributed by atoms with van der Waals surface area (Å²) in [4.78, 5) is 22.0. The van der Waals surface area contributed by atoms with Crippen molar-refractivity contribution in [1.82, 2.24) is 10.2 Å². The van der Waals surface area contributed by atoms with Crippen molar-refractivity contribution in [1.29, 1.82) is 0 Å². The van der Waals surface area contributed by atoms with Crippen LogP contribution in [0.3, 0.4) is 0 Å². The van der Waals surface area contributed by atoms with Crippen LogP contribution in [0, 0.1) is 10.1 Å². The highest BCUT2D eigenvalue weighted by Crippen LogP contribution is 2.20. The first kappa shape index (κ1) is 14.9. The molecule has 116 valence electrons. The summed E-state index contributed by atoms with van der Waals surface area (Å²) in [6.07, 6.45) is 1.89. The molecule has 9 heteroatoms. The minimum Gasteiger partial charge on any atom is -0.459 e. The van der Waals surface area contributed by atoms with Gasteiger partial charge in [-0.25, -0.2) is 0 Å². The Labute approximate surface area is 133 Å². The third kappa shape index (κ3) is 3.58. The van der Waals surface area contributed by atoms with Crippen LogP contribution in [-0.2, 0) is 6.42 Å². The molecule has 0 aliphatic rings. The first-order chi connectivity index (χ1) is 11.1. The summed E-state index contributed by atoms with van der Waals surface area (Å²) >= 11 is 1.23. The van der Waals surface area contributed by atoms with Crippen molar-refractivity contribution in [2.75, 3.05) is 5.32 Å². The molecule has 0 atom stereocenters. The number of furan rings is 1. The molecule has 2 heterocycles. The Morgan fingerprint density at radius 3 is 2.70 bits per heavy atom. The van der Waals surface area contributed by atoms with Gasteiger partial charge in [0.15, 0.2) is 5.76 Å². The molecule has 0 spiro atoms. The van der Waals surface area contributed by atoms with Crippen molar-refractivity contribution in [2.24, 2.45) is 0 Å². The van der Waals surface area contributed by atoms with Gasteiger partial charge < -0.3 is 4.42 Å². The highest BCUT2D eigenvalue weighted by Gasteiger charge is 2.13. The van der Waals surface area contributed by atoms with Gasteiger partial charge in [0.1, 0.15) is 5.01 Å². The van der Waals surface area contributed by atoms with E-state index in [1.807, 2.05) is 0 Å². The number of nitrogens with one attached hydrogen (secondary N) is 1. The Kier molecular flexibility index (Phi) is 4.11. The van der Waals surface area contributed by atoms with Crippen LogP contribution in [0.5, 0.6) is 0 Å². The number of carbonyl (C=O) groups excluding carboxylic acids is 1. The molecule has 3 aromatic rings. The topological polar surface area (TPSA) is 111 Å². The number of rotatable bonds is 5. The predicted octanol–water partition coefficient (Wildman–Crippen LogP) is 2.88. The van der Waals surface area contributed by atoms with Crippen molar-refractivity contribution >= 4 is 28.1 Å². The lowest BCUT2D eigenvalue weighted by Crippen LogP contribution is -2.10. The molecule has 0 unspecified atom stereocenters. The number of hydrogen-bond donors (Lipinski definition) is 1. The van der Waals surface area contributed by atoms with E-state index in [-0.39, 0.29) is 11.4 Å². The Morgan fingerprint density at radius 1 is 1.26 bits per heavy atom. The fraction of sp³-hybridized carbons (Fsp3) is 0.0714. The number of nitro groups is 1. The number of non-ortho nitro benzene ring substituents is 1. The Morgan fingerprint density at radius 2 is 2.04 bits per heavy atom. The molecule has 0 aliphatic carbocycles. The lowest BCUT2D eigenvalue weighted by atomic mass is 10.1. The molecule has 1 aromatic carbocycles. The molecular weight excluding hydrogens is 320 g/mol. The number of nitrogens with zero attached hydrogens (tertiary/aromatic N) is 3.